The van der Waals surface area contributed by atoms with Gasteiger partial charge < -0.3 is 4.74 Å². The van der Waals surface area contributed by atoms with Crippen molar-refractivity contribution in [2.75, 3.05) is 26.0 Å². The minimum Gasteiger partial charge on any atom is -0.495 e. The number of nitrogens with zero attached hydrogens (tertiary/aromatic N) is 1. The molecular formula is C12H16ClNO5S2. The molecule has 0 radical (unpaired) electrons. The number of sulfonamides is 1. The Kier molecular flexibility index (Phi) is 4.53. The quantitative estimate of drug-likeness (QED) is 0.793. The van der Waals surface area contributed by atoms with Crippen LogP contribution in [0, 0.1) is 0 Å². The first-order chi connectivity index (χ1) is 9.72. The van der Waals surface area contributed by atoms with Gasteiger partial charge >= 0.3 is 0 Å². The molecule has 6 nitrogen and oxygen atoms in total. The molecule has 0 N–H and O–H groups in total. The highest BCUT2D eigenvalue weighted by Gasteiger charge is 2.43. The normalized spacial score (nSPS) is 17.5. The van der Waals surface area contributed by atoms with Crippen LogP contribution in [0.3, 0.4) is 0 Å². The second kappa shape index (κ2) is 5.75. The maximum atomic E-state index is 12.5. The van der Waals surface area contributed by atoms with Gasteiger partial charge in [-0.2, -0.15) is 4.31 Å². The summed E-state index contributed by atoms with van der Waals surface area (Å²) in [6, 6.07) is 4.30. The summed E-state index contributed by atoms with van der Waals surface area (Å²) in [5.41, 5.74) is 0. The molecule has 0 saturated carbocycles. The molecule has 9 heteroatoms. The fraction of sp³-hybridized carbons (Fsp3) is 0.500. The molecule has 0 unspecified atom stereocenters. The van der Waals surface area contributed by atoms with Gasteiger partial charge in [0.15, 0.2) is 9.84 Å². The summed E-state index contributed by atoms with van der Waals surface area (Å²) < 4.78 is 54.6. The van der Waals surface area contributed by atoms with Crippen molar-refractivity contribution in [2.24, 2.45) is 0 Å². The smallest absolute Gasteiger partial charge is 0.246 e. The summed E-state index contributed by atoms with van der Waals surface area (Å²) in [6.45, 7) is 1.48. The summed E-state index contributed by atoms with van der Waals surface area (Å²) >= 11 is 5.84. The van der Waals surface area contributed by atoms with Crippen LogP contribution in [-0.4, -0.2) is 52.3 Å². The van der Waals surface area contributed by atoms with E-state index < -0.39 is 25.1 Å². The molecule has 1 fully saturated rings. The fourth-order valence-electron chi connectivity index (χ4n) is 2.05. The van der Waals surface area contributed by atoms with Crippen LogP contribution >= 0.6 is 11.6 Å². The number of rotatable bonds is 5. The number of benzene rings is 1. The summed E-state index contributed by atoms with van der Waals surface area (Å²) in [5.74, 6) is 0.188. The van der Waals surface area contributed by atoms with Gasteiger partial charge in [0.05, 0.1) is 12.4 Å². The molecule has 1 heterocycles. The van der Waals surface area contributed by atoms with Crippen molar-refractivity contribution in [3.05, 3.63) is 23.2 Å². The molecule has 0 amide bonds. The molecule has 1 aliphatic heterocycles. The summed E-state index contributed by atoms with van der Waals surface area (Å²) in [4.78, 5) is -0.0511. The third kappa shape index (κ3) is 3.03. The number of ether oxygens (including phenoxy) is 1. The van der Waals surface area contributed by atoms with Crippen molar-refractivity contribution in [2.45, 2.75) is 17.1 Å². The van der Waals surface area contributed by atoms with Crippen molar-refractivity contribution in [3.8, 4) is 5.75 Å². The van der Waals surface area contributed by atoms with Gasteiger partial charge in [-0.3, -0.25) is 0 Å². The number of hydrogen-bond donors (Lipinski definition) is 0. The van der Waals surface area contributed by atoms with E-state index in [2.05, 4.69) is 0 Å². The van der Waals surface area contributed by atoms with Crippen molar-refractivity contribution in [1.82, 2.24) is 4.31 Å². The topological polar surface area (TPSA) is 80.8 Å². The van der Waals surface area contributed by atoms with E-state index in [4.69, 9.17) is 16.3 Å². The molecule has 1 saturated heterocycles. The van der Waals surface area contributed by atoms with E-state index in [0.717, 1.165) is 4.31 Å². The number of methoxy groups -OCH3 is 1. The van der Waals surface area contributed by atoms with Crippen molar-refractivity contribution < 1.29 is 21.6 Å². The summed E-state index contributed by atoms with van der Waals surface area (Å²) in [5, 5.41) is -0.366. The van der Waals surface area contributed by atoms with Crippen LogP contribution < -0.4 is 4.74 Å². The lowest BCUT2D eigenvalue weighted by Gasteiger charge is -2.37. The van der Waals surface area contributed by atoms with Crippen LogP contribution in [0.15, 0.2) is 23.1 Å². The van der Waals surface area contributed by atoms with Crippen LogP contribution in [0.5, 0.6) is 5.75 Å². The first-order valence-corrected chi connectivity index (χ1v) is 9.81. The second-order valence-electron chi connectivity index (χ2n) is 4.69. The molecule has 21 heavy (non-hydrogen) atoms. The molecule has 1 aliphatic rings. The van der Waals surface area contributed by atoms with Crippen molar-refractivity contribution >= 4 is 31.5 Å². The van der Waals surface area contributed by atoms with E-state index >= 15 is 0 Å². The molecule has 1 aromatic rings. The van der Waals surface area contributed by atoms with Gasteiger partial charge in [-0.25, -0.2) is 16.8 Å². The average Bonchev–Trinajstić information content (AvgIpc) is 2.36. The van der Waals surface area contributed by atoms with Crippen LogP contribution in [0.2, 0.25) is 5.02 Å². The van der Waals surface area contributed by atoms with E-state index in [1.54, 1.807) is 6.92 Å². The second-order valence-corrected chi connectivity index (χ2v) is 9.60. The predicted molar refractivity (Wildman–Crippen MR) is 80.0 cm³/mol. The zero-order valence-corrected chi connectivity index (χ0v) is 14.0. The molecule has 2 rings (SSSR count). The Hall–Kier alpha value is -0.830. The van der Waals surface area contributed by atoms with Crippen molar-refractivity contribution in [1.29, 1.82) is 0 Å². The summed E-state index contributed by atoms with van der Waals surface area (Å²) in [6.07, 6.45) is 0. The third-order valence-corrected chi connectivity index (χ3v) is 7.67. The number of hydrogen-bond acceptors (Lipinski definition) is 5. The van der Waals surface area contributed by atoms with Gasteiger partial charge in [-0.1, -0.05) is 18.5 Å². The number of halogens is 1. The monoisotopic (exact) mass is 353 g/mol. The molecule has 0 atom stereocenters. The Labute approximate surface area is 129 Å². The Balaban J connectivity index is 2.28. The predicted octanol–water partition coefficient (Wildman–Crippen LogP) is 1.16. The standard InChI is InChI=1S/C12H16ClNO5S2/c1-3-20(15,16)10-7-14(8-10)21(17,18)12-6-9(13)4-5-11(12)19-2/h4-6,10H,3,7-8H2,1-2H3. The molecule has 0 bridgehead atoms. The van der Waals surface area contributed by atoms with E-state index in [-0.39, 0.29) is 34.5 Å². The van der Waals surface area contributed by atoms with Crippen LogP contribution in [0.4, 0.5) is 0 Å². The van der Waals surface area contributed by atoms with E-state index in [9.17, 15) is 16.8 Å². The van der Waals surface area contributed by atoms with Crippen LogP contribution in [0.25, 0.3) is 0 Å². The first kappa shape index (κ1) is 16.5. The Morgan fingerprint density at radius 1 is 1.29 bits per heavy atom. The van der Waals surface area contributed by atoms with E-state index in [0.29, 0.717) is 0 Å². The zero-order valence-electron chi connectivity index (χ0n) is 11.6. The minimum absolute atomic E-state index is 0.00599. The maximum Gasteiger partial charge on any atom is 0.246 e. The largest absolute Gasteiger partial charge is 0.495 e. The SMILES string of the molecule is CCS(=O)(=O)C1CN(S(=O)(=O)c2cc(Cl)ccc2OC)C1. The first-order valence-electron chi connectivity index (χ1n) is 6.27. The highest BCUT2D eigenvalue weighted by atomic mass is 35.5. The van der Waals surface area contributed by atoms with E-state index in [1.165, 1.54) is 25.3 Å². The van der Waals surface area contributed by atoms with Gasteiger partial charge in [0.25, 0.3) is 0 Å². The lowest BCUT2D eigenvalue weighted by molar-refractivity contribution is 0.307. The van der Waals surface area contributed by atoms with E-state index in [1.807, 2.05) is 0 Å². The third-order valence-electron chi connectivity index (χ3n) is 3.47. The van der Waals surface area contributed by atoms with Crippen LogP contribution in [0.1, 0.15) is 6.92 Å². The molecule has 1 aromatic carbocycles. The average molecular weight is 354 g/mol. The van der Waals surface area contributed by atoms with Gasteiger partial charge in [-0.15, -0.1) is 0 Å². The Morgan fingerprint density at radius 3 is 2.43 bits per heavy atom. The molecule has 118 valence electrons. The van der Waals surface area contributed by atoms with Crippen LogP contribution in [-0.2, 0) is 19.9 Å². The molecular weight excluding hydrogens is 338 g/mol. The Morgan fingerprint density at radius 2 is 1.90 bits per heavy atom. The zero-order chi connectivity index (χ0) is 15.8. The summed E-state index contributed by atoms with van der Waals surface area (Å²) in [7, 11) is -5.67. The van der Waals surface area contributed by atoms with Gasteiger partial charge in [0, 0.05) is 23.9 Å². The highest BCUT2D eigenvalue weighted by Crippen LogP contribution is 2.32. The Bertz CT molecular complexity index is 739. The minimum atomic E-state index is -3.81. The van der Waals surface area contributed by atoms with Gasteiger partial charge in [0.1, 0.15) is 10.6 Å². The fourth-order valence-corrected chi connectivity index (χ4v) is 5.47. The maximum absolute atomic E-state index is 12.5. The number of sulfone groups is 1. The van der Waals surface area contributed by atoms with Gasteiger partial charge in [-0.05, 0) is 18.2 Å². The highest BCUT2D eigenvalue weighted by molar-refractivity contribution is 7.92. The molecule has 0 spiro atoms. The molecule has 0 aliphatic carbocycles. The lowest BCUT2D eigenvalue weighted by atomic mass is 10.3. The molecule has 0 aromatic heterocycles. The lowest BCUT2D eigenvalue weighted by Crippen LogP contribution is -2.57. The van der Waals surface area contributed by atoms with Gasteiger partial charge in [0.2, 0.25) is 10.0 Å². The van der Waals surface area contributed by atoms with Crippen molar-refractivity contribution in [3.63, 3.8) is 0 Å².